The third-order valence-electron chi connectivity index (χ3n) is 5.56. The molecule has 1 fully saturated rings. The van der Waals surface area contributed by atoms with Crippen LogP contribution in [0.3, 0.4) is 0 Å². The lowest BCUT2D eigenvalue weighted by Gasteiger charge is -2.31. The quantitative estimate of drug-likeness (QED) is 0.425. The van der Waals surface area contributed by atoms with Gasteiger partial charge in [-0.1, -0.05) is 12.1 Å². The summed E-state index contributed by atoms with van der Waals surface area (Å²) in [7, 11) is 0. The number of ketones is 1. The van der Waals surface area contributed by atoms with E-state index < -0.39 is 23.1 Å². The van der Waals surface area contributed by atoms with E-state index in [9.17, 15) is 14.4 Å². The zero-order valence-electron chi connectivity index (χ0n) is 15.9. The molecular formula is C21H23NO6. The Kier molecular flexibility index (Phi) is 4.83. The lowest BCUT2D eigenvalue weighted by atomic mass is 9.75. The van der Waals surface area contributed by atoms with Crippen LogP contribution in [-0.4, -0.2) is 42.5 Å². The van der Waals surface area contributed by atoms with Crippen molar-refractivity contribution in [3.05, 3.63) is 35.5 Å². The first-order valence-electron chi connectivity index (χ1n) is 9.70. The number of hydrogen-bond donors (Lipinski definition) is 0. The van der Waals surface area contributed by atoms with Crippen LogP contribution in [0.15, 0.2) is 30.0 Å². The summed E-state index contributed by atoms with van der Waals surface area (Å²) in [6.07, 6.45) is 5.00. The number of carbonyl (C=O) groups is 3. The number of carbonyl (C=O) groups excluding carboxylic acids is 3. The Bertz CT molecular complexity index is 860. The van der Waals surface area contributed by atoms with Gasteiger partial charge in [-0.15, -0.1) is 0 Å². The minimum atomic E-state index is -1.44. The molecule has 1 aromatic carbocycles. The van der Waals surface area contributed by atoms with Crippen molar-refractivity contribution in [3.63, 3.8) is 0 Å². The molecule has 2 aliphatic heterocycles. The van der Waals surface area contributed by atoms with Crippen molar-refractivity contribution in [2.75, 3.05) is 19.9 Å². The van der Waals surface area contributed by atoms with Crippen molar-refractivity contribution in [3.8, 4) is 11.5 Å². The maximum absolute atomic E-state index is 12.8. The molecule has 1 atom stereocenters. The van der Waals surface area contributed by atoms with Crippen LogP contribution in [0.1, 0.15) is 38.2 Å². The number of aryl methyl sites for hydroxylation is 1. The fourth-order valence-electron chi connectivity index (χ4n) is 4.21. The molecule has 28 heavy (non-hydrogen) atoms. The molecule has 4 rings (SSSR count). The van der Waals surface area contributed by atoms with E-state index in [2.05, 4.69) is 0 Å². The molecule has 0 bridgehead atoms. The van der Waals surface area contributed by atoms with Gasteiger partial charge in [0.1, 0.15) is 0 Å². The van der Waals surface area contributed by atoms with Crippen molar-refractivity contribution in [1.82, 2.24) is 4.90 Å². The summed E-state index contributed by atoms with van der Waals surface area (Å²) in [6, 6.07) is 5.77. The fourth-order valence-corrected chi connectivity index (χ4v) is 4.21. The van der Waals surface area contributed by atoms with Crippen molar-refractivity contribution in [2.45, 2.75) is 39.0 Å². The van der Waals surface area contributed by atoms with E-state index in [4.69, 9.17) is 14.2 Å². The van der Waals surface area contributed by atoms with Gasteiger partial charge in [0, 0.05) is 12.2 Å². The Morgan fingerprint density at radius 3 is 2.89 bits per heavy atom. The SMILES string of the molecule is CCOC(=O)C12CCCC=C1N(CCCc1ccc3c(c1)OCO3)C(=O)C2=O. The fraction of sp³-hybridized carbons (Fsp3) is 0.476. The van der Waals surface area contributed by atoms with Gasteiger partial charge in [0.2, 0.25) is 12.6 Å². The number of ether oxygens (including phenoxy) is 3. The third-order valence-corrected chi connectivity index (χ3v) is 5.56. The average molecular weight is 385 g/mol. The predicted octanol–water partition coefficient (Wildman–Crippen LogP) is 2.38. The molecule has 0 spiro atoms. The van der Waals surface area contributed by atoms with E-state index >= 15 is 0 Å². The lowest BCUT2D eigenvalue weighted by molar-refractivity contribution is -0.158. The molecule has 0 N–H and O–H groups in total. The van der Waals surface area contributed by atoms with Gasteiger partial charge in [-0.2, -0.15) is 0 Å². The topological polar surface area (TPSA) is 82.1 Å². The Morgan fingerprint density at radius 1 is 1.25 bits per heavy atom. The number of rotatable bonds is 6. The number of benzene rings is 1. The maximum atomic E-state index is 12.8. The molecule has 3 aliphatic rings. The highest BCUT2D eigenvalue weighted by Crippen LogP contribution is 2.46. The largest absolute Gasteiger partial charge is 0.465 e. The number of amides is 1. The molecule has 1 amide bonds. The second-order valence-electron chi connectivity index (χ2n) is 7.18. The number of hydrogen-bond acceptors (Lipinski definition) is 6. The van der Waals surface area contributed by atoms with Crippen molar-refractivity contribution in [1.29, 1.82) is 0 Å². The number of esters is 1. The number of Topliss-reactive ketones (excluding diaryl/α,β-unsaturated/α-hetero) is 1. The molecule has 148 valence electrons. The van der Waals surface area contributed by atoms with Crippen LogP contribution in [-0.2, 0) is 25.5 Å². The first kappa shape index (κ1) is 18.5. The zero-order valence-corrected chi connectivity index (χ0v) is 15.9. The van der Waals surface area contributed by atoms with E-state index in [1.54, 1.807) is 6.92 Å². The molecule has 7 heteroatoms. The summed E-state index contributed by atoms with van der Waals surface area (Å²) in [5.74, 6) is -0.402. The summed E-state index contributed by atoms with van der Waals surface area (Å²) < 4.78 is 15.9. The van der Waals surface area contributed by atoms with E-state index in [0.717, 1.165) is 23.5 Å². The first-order chi connectivity index (χ1) is 13.6. The van der Waals surface area contributed by atoms with Crippen molar-refractivity contribution < 1.29 is 28.6 Å². The Morgan fingerprint density at radius 2 is 2.07 bits per heavy atom. The van der Waals surface area contributed by atoms with E-state index in [-0.39, 0.29) is 13.4 Å². The summed E-state index contributed by atoms with van der Waals surface area (Å²) in [5.41, 5.74) is 0.138. The molecule has 2 heterocycles. The Hall–Kier alpha value is -2.83. The van der Waals surface area contributed by atoms with Crippen LogP contribution in [0.2, 0.25) is 0 Å². The average Bonchev–Trinajstić information content (AvgIpc) is 3.25. The van der Waals surface area contributed by atoms with Crippen LogP contribution >= 0.6 is 0 Å². The summed E-state index contributed by atoms with van der Waals surface area (Å²) >= 11 is 0. The van der Waals surface area contributed by atoms with Crippen molar-refractivity contribution in [2.24, 2.45) is 5.41 Å². The number of allylic oxidation sites excluding steroid dienone is 1. The van der Waals surface area contributed by atoms with E-state index in [0.29, 0.717) is 37.9 Å². The summed E-state index contributed by atoms with van der Waals surface area (Å²) in [4.78, 5) is 39.6. The molecule has 7 nitrogen and oxygen atoms in total. The lowest BCUT2D eigenvalue weighted by Crippen LogP contribution is -2.41. The molecule has 1 aliphatic carbocycles. The second-order valence-corrected chi connectivity index (χ2v) is 7.18. The molecule has 0 radical (unpaired) electrons. The summed E-state index contributed by atoms with van der Waals surface area (Å²) in [5, 5.41) is 0. The number of nitrogens with zero attached hydrogens (tertiary/aromatic N) is 1. The minimum absolute atomic E-state index is 0.180. The smallest absolute Gasteiger partial charge is 0.326 e. The highest BCUT2D eigenvalue weighted by Gasteiger charge is 2.61. The highest BCUT2D eigenvalue weighted by atomic mass is 16.7. The van der Waals surface area contributed by atoms with Gasteiger partial charge in [0.15, 0.2) is 16.9 Å². The van der Waals surface area contributed by atoms with Crippen LogP contribution < -0.4 is 9.47 Å². The van der Waals surface area contributed by atoms with E-state index in [1.807, 2.05) is 24.3 Å². The molecule has 0 saturated carbocycles. The standard InChI is InChI=1S/C21H23NO6/c1-2-26-20(25)21-10-4-3-7-17(21)22(19(24)18(21)23)11-5-6-14-8-9-15-16(12-14)28-13-27-15/h7-9,12H,2-6,10-11,13H2,1H3. The molecule has 0 aromatic heterocycles. The van der Waals surface area contributed by atoms with Crippen molar-refractivity contribution >= 4 is 17.7 Å². The van der Waals surface area contributed by atoms with E-state index in [1.165, 1.54) is 4.90 Å². The van der Waals surface area contributed by atoms with Gasteiger partial charge >= 0.3 is 5.97 Å². The van der Waals surface area contributed by atoms with Crippen LogP contribution in [0, 0.1) is 5.41 Å². The van der Waals surface area contributed by atoms with Crippen LogP contribution in [0.4, 0.5) is 0 Å². The molecule has 1 aromatic rings. The van der Waals surface area contributed by atoms with Gasteiger partial charge in [-0.3, -0.25) is 14.4 Å². The molecule has 1 saturated heterocycles. The highest BCUT2D eigenvalue weighted by molar-refractivity contribution is 6.46. The normalized spacial score (nSPS) is 22.9. The zero-order chi connectivity index (χ0) is 19.7. The van der Waals surface area contributed by atoms with Gasteiger partial charge in [-0.05, 0) is 56.7 Å². The number of likely N-dealkylation sites (tertiary alicyclic amines) is 1. The van der Waals surface area contributed by atoms with Gasteiger partial charge in [-0.25, -0.2) is 0 Å². The second kappa shape index (κ2) is 7.30. The Labute approximate surface area is 163 Å². The predicted molar refractivity (Wildman–Crippen MR) is 98.6 cm³/mol. The monoisotopic (exact) mass is 385 g/mol. The number of fused-ring (bicyclic) bond motifs is 2. The minimum Gasteiger partial charge on any atom is -0.465 e. The summed E-state index contributed by atoms with van der Waals surface area (Å²) in [6.45, 7) is 2.49. The van der Waals surface area contributed by atoms with Crippen LogP contribution in [0.25, 0.3) is 0 Å². The van der Waals surface area contributed by atoms with Crippen LogP contribution in [0.5, 0.6) is 11.5 Å². The van der Waals surface area contributed by atoms with Gasteiger partial charge < -0.3 is 19.1 Å². The molecule has 1 unspecified atom stereocenters. The Balaban J connectivity index is 1.48. The third kappa shape index (κ3) is 2.85. The maximum Gasteiger partial charge on any atom is 0.326 e. The molecular weight excluding hydrogens is 362 g/mol. The van der Waals surface area contributed by atoms with Gasteiger partial charge in [0.05, 0.1) is 6.61 Å². The van der Waals surface area contributed by atoms with Gasteiger partial charge in [0.25, 0.3) is 5.91 Å². The first-order valence-corrected chi connectivity index (χ1v) is 9.70.